The molecule has 0 aromatic heterocycles. The molecule has 0 atom stereocenters. The van der Waals surface area contributed by atoms with E-state index in [0.717, 1.165) is 0 Å². The molecule has 0 unspecified atom stereocenters. The van der Waals surface area contributed by atoms with Crippen molar-refractivity contribution in [3.63, 3.8) is 0 Å². The average Bonchev–Trinajstić information content (AvgIpc) is 1.84. The van der Waals surface area contributed by atoms with Crippen LogP contribution in [0.3, 0.4) is 0 Å². The van der Waals surface area contributed by atoms with Gasteiger partial charge in [0.25, 0.3) is 0 Å². The minimum absolute atomic E-state index is 0.354. The minimum Gasteiger partial charge on any atom is -0.457 e. The van der Waals surface area contributed by atoms with Crippen molar-refractivity contribution in [1.29, 1.82) is 0 Å². The second-order valence-corrected chi connectivity index (χ2v) is 3.64. The van der Waals surface area contributed by atoms with E-state index in [-0.39, 0.29) is 5.97 Å². The maximum atomic E-state index is 11.2. The number of esters is 1. The Labute approximate surface area is 73.6 Å². The average molecular weight is 171 g/mol. The van der Waals surface area contributed by atoms with E-state index in [1.54, 1.807) is 0 Å². The number of rotatable bonds is 3. The summed E-state index contributed by atoms with van der Waals surface area (Å²) in [5.41, 5.74) is 5.25. The van der Waals surface area contributed by atoms with Crippen molar-refractivity contribution in [1.82, 2.24) is 0 Å². The van der Waals surface area contributed by atoms with Gasteiger partial charge in [0.1, 0.15) is 5.60 Å². The lowest BCUT2D eigenvalue weighted by molar-refractivity contribution is -0.150. The molecular weight excluding hydrogens is 154 g/mol. The third-order valence-electron chi connectivity index (χ3n) is 1.13. The molecule has 0 fully saturated rings. The predicted octanol–water partition coefficient (Wildman–Crippen LogP) is 1.23. The molecule has 70 valence electrons. The van der Waals surface area contributed by atoms with Crippen molar-refractivity contribution in [2.45, 2.75) is 32.8 Å². The largest absolute Gasteiger partial charge is 0.457 e. The Morgan fingerprint density at radius 2 is 2.00 bits per heavy atom. The quantitative estimate of drug-likeness (QED) is 0.513. The van der Waals surface area contributed by atoms with Crippen LogP contribution in [0.4, 0.5) is 0 Å². The van der Waals surface area contributed by atoms with Crippen LogP contribution in [-0.4, -0.2) is 18.1 Å². The first kappa shape index (κ1) is 11.2. The van der Waals surface area contributed by atoms with Gasteiger partial charge in [-0.1, -0.05) is 6.58 Å². The molecule has 3 heteroatoms. The molecule has 2 N–H and O–H groups in total. The highest BCUT2D eigenvalue weighted by molar-refractivity contribution is 5.87. The van der Waals surface area contributed by atoms with Gasteiger partial charge in [0.2, 0.25) is 0 Å². The SMILES string of the molecule is C=C(CCN)C(=O)OC(C)(C)C. The number of hydrogen-bond donors (Lipinski definition) is 1. The Morgan fingerprint density at radius 3 is 2.33 bits per heavy atom. The van der Waals surface area contributed by atoms with Gasteiger partial charge in [-0.15, -0.1) is 0 Å². The molecule has 0 rings (SSSR count). The summed E-state index contributed by atoms with van der Waals surface area (Å²) in [6, 6.07) is 0. The summed E-state index contributed by atoms with van der Waals surface area (Å²) >= 11 is 0. The van der Waals surface area contributed by atoms with Crippen LogP contribution in [-0.2, 0) is 9.53 Å². The molecule has 0 amide bonds. The van der Waals surface area contributed by atoms with Crippen LogP contribution in [0.15, 0.2) is 12.2 Å². The Hall–Kier alpha value is -0.830. The maximum absolute atomic E-state index is 11.2. The number of ether oxygens (including phenoxy) is 1. The summed E-state index contributed by atoms with van der Waals surface area (Å²) in [6.45, 7) is 9.46. The molecule has 0 radical (unpaired) electrons. The summed E-state index contributed by atoms with van der Waals surface area (Å²) in [5, 5.41) is 0. The number of carbonyl (C=O) groups excluding carboxylic acids is 1. The number of carbonyl (C=O) groups is 1. The fourth-order valence-electron chi connectivity index (χ4n) is 0.627. The normalized spacial score (nSPS) is 11.0. The molecular formula is C9H17NO2. The van der Waals surface area contributed by atoms with Gasteiger partial charge in [0.05, 0.1) is 0 Å². The zero-order chi connectivity index (χ0) is 9.78. The smallest absolute Gasteiger partial charge is 0.333 e. The zero-order valence-corrected chi connectivity index (χ0v) is 8.02. The van der Waals surface area contributed by atoms with Crippen molar-refractivity contribution >= 4 is 5.97 Å². The second kappa shape index (κ2) is 4.26. The van der Waals surface area contributed by atoms with Gasteiger partial charge in [-0.3, -0.25) is 0 Å². The monoisotopic (exact) mass is 171 g/mol. The lowest BCUT2D eigenvalue weighted by Crippen LogP contribution is -2.25. The van der Waals surface area contributed by atoms with E-state index in [1.165, 1.54) is 0 Å². The molecule has 0 saturated carbocycles. The molecule has 12 heavy (non-hydrogen) atoms. The molecule has 0 bridgehead atoms. The van der Waals surface area contributed by atoms with Crippen molar-refractivity contribution in [2.75, 3.05) is 6.54 Å². The summed E-state index contributed by atoms with van der Waals surface area (Å²) in [6.07, 6.45) is 0.495. The van der Waals surface area contributed by atoms with Gasteiger partial charge >= 0.3 is 5.97 Å². The topological polar surface area (TPSA) is 52.3 Å². The molecule has 3 nitrogen and oxygen atoms in total. The highest BCUT2D eigenvalue weighted by atomic mass is 16.6. The van der Waals surface area contributed by atoms with E-state index < -0.39 is 5.60 Å². The van der Waals surface area contributed by atoms with Crippen LogP contribution in [0.2, 0.25) is 0 Å². The molecule has 0 aliphatic carbocycles. The van der Waals surface area contributed by atoms with Crippen LogP contribution in [0.5, 0.6) is 0 Å². The first-order valence-corrected chi connectivity index (χ1v) is 3.98. The lowest BCUT2D eigenvalue weighted by atomic mass is 10.1. The van der Waals surface area contributed by atoms with E-state index in [2.05, 4.69) is 6.58 Å². The molecule has 0 heterocycles. The molecule has 0 spiro atoms. The molecule has 0 saturated heterocycles. The van der Waals surface area contributed by atoms with E-state index in [0.29, 0.717) is 18.5 Å². The Kier molecular flexibility index (Phi) is 3.96. The van der Waals surface area contributed by atoms with E-state index in [9.17, 15) is 4.79 Å². The van der Waals surface area contributed by atoms with E-state index >= 15 is 0 Å². The van der Waals surface area contributed by atoms with Crippen molar-refractivity contribution < 1.29 is 9.53 Å². The van der Waals surface area contributed by atoms with Crippen molar-refractivity contribution in [3.05, 3.63) is 12.2 Å². The van der Waals surface area contributed by atoms with Crippen LogP contribution in [0, 0.1) is 0 Å². The fraction of sp³-hybridized carbons (Fsp3) is 0.667. The molecule has 0 aliphatic heterocycles. The third-order valence-corrected chi connectivity index (χ3v) is 1.13. The van der Waals surface area contributed by atoms with E-state index in [4.69, 9.17) is 10.5 Å². The number of hydrogen-bond acceptors (Lipinski definition) is 3. The van der Waals surface area contributed by atoms with Crippen molar-refractivity contribution in [2.24, 2.45) is 5.73 Å². The van der Waals surface area contributed by atoms with Crippen molar-refractivity contribution in [3.8, 4) is 0 Å². The predicted molar refractivity (Wildman–Crippen MR) is 48.7 cm³/mol. The Morgan fingerprint density at radius 1 is 1.50 bits per heavy atom. The molecule has 0 aliphatic rings. The van der Waals surface area contributed by atoms with Crippen LogP contribution in [0.1, 0.15) is 27.2 Å². The van der Waals surface area contributed by atoms with Gasteiger partial charge in [-0.25, -0.2) is 4.79 Å². The van der Waals surface area contributed by atoms with Gasteiger partial charge < -0.3 is 10.5 Å². The molecule has 0 aromatic carbocycles. The highest BCUT2D eigenvalue weighted by Gasteiger charge is 2.17. The molecule has 0 aromatic rings. The minimum atomic E-state index is -0.450. The summed E-state index contributed by atoms with van der Waals surface area (Å²) < 4.78 is 5.06. The summed E-state index contributed by atoms with van der Waals surface area (Å²) in [7, 11) is 0. The first-order valence-electron chi connectivity index (χ1n) is 3.98. The van der Waals surface area contributed by atoms with E-state index in [1.807, 2.05) is 20.8 Å². The summed E-state index contributed by atoms with van der Waals surface area (Å²) in [4.78, 5) is 11.2. The lowest BCUT2D eigenvalue weighted by Gasteiger charge is -2.19. The second-order valence-electron chi connectivity index (χ2n) is 3.64. The first-order chi connectivity index (χ1) is 5.37. The Balaban J connectivity index is 3.97. The van der Waals surface area contributed by atoms with Gasteiger partial charge in [0.15, 0.2) is 0 Å². The highest BCUT2D eigenvalue weighted by Crippen LogP contribution is 2.11. The van der Waals surface area contributed by atoms with Gasteiger partial charge in [0, 0.05) is 5.57 Å². The van der Waals surface area contributed by atoms with Gasteiger partial charge in [-0.2, -0.15) is 0 Å². The van der Waals surface area contributed by atoms with Crippen LogP contribution in [0.25, 0.3) is 0 Å². The van der Waals surface area contributed by atoms with Gasteiger partial charge in [-0.05, 0) is 33.7 Å². The van der Waals surface area contributed by atoms with Crippen LogP contribution >= 0.6 is 0 Å². The zero-order valence-electron chi connectivity index (χ0n) is 8.02. The Bertz CT molecular complexity index is 179. The van der Waals surface area contributed by atoms with Crippen LogP contribution < -0.4 is 5.73 Å². The number of nitrogens with two attached hydrogens (primary N) is 1. The standard InChI is InChI=1S/C9H17NO2/c1-7(5-6-10)8(11)12-9(2,3)4/h1,5-6,10H2,2-4H3. The summed E-state index contributed by atoms with van der Waals surface area (Å²) in [5.74, 6) is -0.354. The fourth-order valence-corrected chi connectivity index (χ4v) is 0.627. The maximum Gasteiger partial charge on any atom is 0.333 e. The third kappa shape index (κ3) is 4.91.